The summed E-state index contributed by atoms with van der Waals surface area (Å²) in [7, 11) is 0. The van der Waals surface area contributed by atoms with Crippen molar-refractivity contribution in [2.24, 2.45) is 0 Å². The Morgan fingerprint density at radius 1 is 1.07 bits per heavy atom. The molecule has 0 radical (unpaired) electrons. The van der Waals surface area contributed by atoms with Crippen molar-refractivity contribution in [2.45, 2.75) is 51.7 Å². The van der Waals surface area contributed by atoms with Crippen LogP contribution >= 0.6 is 11.6 Å². The summed E-state index contributed by atoms with van der Waals surface area (Å²) in [5, 5.41) is 20.3. The molecule has 0 saturated heterocycles. The molecule has 2 aromatic heterocycles. The van der Waals surface area contributed by atoms with Gasteiger partial charge in [0.2, 0.25) is 0 Å². The molecule has 2 heterocycles. The first-order valence-electron chi connectivity index (χ1n) is 13.7. The molecule has 1 aliphatic carbocycles. The number of amides is 2. The number of hydrogen-bond acceptors (Lipinski definition) is 7. The van der Waals surface area contributed by atoms with Gasteiger partial charge in [0, 0.05) is 35.6 Å². The van der Waals surface area contributed by atoms with Gasteiger partial charge in [-0.2, -0.15) is 5.26 Å². The Kier molecular flexibility index (Phi) is 9.02. The summed E-state index contributed by atoms with van der Waals surface area (Å²) < 4.78 is 11.7. The van der Waals surface area contributed by atoms with Gasteiger partial charge in [-0.25, -0.2) is 4.79 Å². The first-order chi connectivity index (χ1) is 20.0. The quantitative estimate of drug-likeness (QED) is 0.192. The van der Waals surface area contributed by atoms with Gasteiger partial charge in [-0.3, -0.25) is 9.97 Å². The van der Waals surface area contributed by atoms with Gasteiger partial charge in [-0.1, -0.05) is 36.9 Å². The second-order valence-electron chi connectivity index (χ2n) is 9.77. The Labute approximate surface area is 243 Å². The first kappa shape index (κ1) is 28.0. The number of ether oxygens (including phenoxy) is 2. The number of nitrogens with zero attached hydrogens (tertiary/aromatic N) is 3. The van der Waals surface area contributed by atoms with Crippen LogP contribution in [0, 0.1) is 11.3 Å². The molecular weight excluding hydrogens is 540 g/mol. The molecule has 0 bridgehead atoms. The minimum Gasteiger partial charge on any atom is -0.492 e. The van der Waals surface area contributed by atoms with Crippen molar-refractivity contribution >= 4 is 45.6 Å². The number of rotatable bonds is 9. The fourth-order valence-electron chi connectivity index (χ4n) is 4.88. The van der Waals surface area contributed by atoms with Gasteiger partial charge in [-0.15, -0.1) is 0 Å². The number of carbonyl (C=O) groups is 1. The summed E-state index contributed by atoms with van der Waals surface area (Å²) in [6.07, 6.45) is 8.60. The molecule has 2 amide bonds. The maximum Gasteiger partial charge on any atom is 0.319 e. The first-order valence-corrected chi connectivity index (χ1v) is 14.1. The van der Waals surface area contributed by atoms with Gasteiger partial charge in [0.25, 0.3) is 0 Å². The van der Waals surface area contributed by atoms with Crippen LogP contribution in [-0.2, 0) is 6.61 Å². The molecule has 1 saturated carbocycles. The van der Waals surface area contributed by atoms with E-state index in [2.05, 4.69) is 32.0 Å². The summed E-state index contributed by atoms with van der Waals surface area (Å²) >= 11 is 6.54. The molecule has 1 fully saturated rings. The van der Waals surface area contributed by atoms with Crippen LogP contribution < -0.4 is 25.4 Å². The van der Waals surface area contributed by atoms with E-state index in [0.717, 1.165) is 31.4 Å². The van der Waals surface area contributed by atoms with Crippen LogP contribution in [0.4, 0.5) is 21.9 Å². The molecule has 2 aromatic carbocycles. The number of hydrogen-bond donors (Lipinski definition) is 3. The lowest BCUT2D eigenvalue weighted by Gasteiger charge is -2.23. The van der Waals surface area contributed by atoms with Crippen LogP contribution in [0.2, 0.25) is 5.02 Å². The number of nitriles is 1. The second-order valence-corrected chi connectivity index (χ2v) is 10.2. The van der Waals surface area contributed by atoms with Crippen LogP contribution in [-0.4, -0.2) is 28.6 Å². The number of urea groups is 1. The molecule has 5 rings (SSSR count). The third-order valence-electron chi connectivity index (χ3n) is 6.88. The Morgan fingerprint density at radius 3 is 2.66 bits per heavy atom. The Balaban J connectivity index is 1.42. The smallest absolute Gasteiger partial charge is 0.319 e. The molecule has 0 atom stereocenters. The normalized spacial score (nSPS) is 13.3. The van der Waals surface area contributed by atoms with E-state index in [9.17, 15) is 10.1 Å². The monoisotopic (exact) mass is 570 g/mol. The molecule has 0 spiro atoms. The standard InChI is InChI=1S/C31H31ClN6O3/c1-2-40-29-16-26-24(15-27(29)38-31(39)37-21-8-4-3-5-9-21)30(20(17-33)18-35-26)36-22-11-12-28(25(32)14-22)41-19-23-10-6-7-13-34-23/h6-7,10-16,18,21H,2-5,8-9,19H2,1H3,(H,35,36)(H2,37,38,39). The van der Waals surface area contributed by atoms with Crippen molar-refractivity contribution in [2.75, 3.05) is 17.2 Å². The highest BCUT2D eigenvalue weighted by atomic mass is 35.5. The van der Waals surface area contributed by atoms with Crippen LogP contribution in [0.25, 0.3) is 10.9 Å². The highest BCUT2D eigenvalue weighted by Gasteiger charge is 2.19. The molecule has 4 aromatic rings. The van der Waals surface area contributed by atoms with Gasteiger partial charge in [0.15, 0.2) is 0 Å². The molecule has 9 nitrogen and oxygen atoms in total. The van der Waals surface area contributed by atoms with Crippen LogP contribution in [0.1, 0.15) is 50.3 Å². The summed E-state index contributed by atoms with van der Waals surface area (Å²) in [5.41, 5.74) is 3.41. The Hall–Kier alpha value is -4.55. The highest BCUT2D eigenvalue weighted by molar-refractivity contribution is 6.32. The van der Waals surface area contributed by atoms with Gasteiger partial charge in [0.05, 0.1) is 39.8 Å². The van der Waals surface area contributed by atoms with Crippen LogP contribution in [0.3, 0.4) is 0 Å². The fourth-order valence-corrected chi connectivity index (χ4v) is 5.11. The summed E-state index contributed by atoms with van der Waals surface area (Å²) in [6.45, 7) is 2.58. The molecule has 210 valence electrons. The Bertz CT molecular complexity index is 1570. The minimum absolute atomic E-state index is 0.157. The third-order valence-corrected chi connectivity index (χ3v) is 7.18. The van der Waals surface area contributed by atoms with Crippen LogP contribution in [0.5, 0.6) is 11.5 Å². The molecule has 0 aliphatic heterocycles. The molecule has 41 heavy (non-hydrogen) atoms. The zero-order valence-electron chi connectivity index (χ0n) is 22.7. The number of anilines is 3. The average Bonchev–Trinajstić information content (AvgIpc) is 2.98. The lowest BCUT2D eigenvalue weighted by Crippen LogP contribution is -2.39. The van der Waals surface area contributed by atoms with E-state index in [4.69, 9.17) is 21.1 Å². The molecule has 10 heteroatoms. The van der Waals surface area contributed by atoms with E-state index in [-0.39, 0.29) is 18.7 Å². The number of aromatic nitrogens is 2. The summed E-state index contributed by atoms with van der Waals surface area (Å²) in [6, 6.07) is 16.6. The zero-order valence-corrected chi connectivity index (χ0v) is 23.5. The van der Waals surface area contributed by atoms with E-state index in [0.29, 0.717) is 56.7 Å². The van der Waals surface area contributed by atoms with Gasteiger partial charge < -0.3 is 25.4 Å². The van der Waals surface area contributed by atoms with E-state index >= 15 is 0 Å². The average molecular weight is 571 g/mol. The summed E-state index contributed by atoms with van der Waals surface area (Å²) in [4.78, 5) is 21.6. The number of pyridine rings is 2. The molecular formula is C31H31ClN6O3. The molecule has 0 unspecified atom stereocenters. The van der Waals surface area contributed by atoms with Crippen molar-refractivity contribution in [1.29, 1.82) is 5.26 Å². The van der Waals surface area contributed by atoms with Crippen molar-refractivity contribution in [3.63, 3.8) is 0 Å². The van der Waals surface area contributed by atoms with Crippen LogP contribution in [0.15, 0.2) is 60.9 Å². The van der Waals surface area contributed by atoms with Gasteiger partial charge in [-0.05, 0) is 56.2 Å². The topological polar surface area (TPSA) is 121 Å². The van der Waals surface area contributed by atoms with E-state index in [1.54, 1.807) is 30.5 Å². The van der Waals surface area contributed by atoms with Gasteiger partial charge in [0.1, 0.15) is 24.2 Å². The largest absolute Gasteiger partial charge is 0.492 e. The van der Waals surface area contributed by atoms with E-state index in [1.165, 1.54) is 12.6 Å². The van der Waals surface area contributed by atoms with E-state index < -0.39 is 0 Å². The predicted octanol–water partition coefficient (Wildman–Crippen LogP) is 7.33. The maximum atomic E-state index is 12.9. The molecule has 1 aliphatic rings. The number of fused-ring (bicyclic) bond motifs is 1. The predicted molar refractivity (Wildman–Crippen MR) is 160 cm³/mol. The fraction of sp³-hybridized carbons (Fsp3) is 0.290. The number of carbonyl (C=O) groups excluding carboxylic acids is 1. The maximum absolute atomic E-state index is 12.9. The molecule has 3 N–H and O–H groups in total. The summed E-state index contributed by atoms with van der Waals surface area (Å²) in [5.74, 6) is 1.01. The number of halogens is 1. The number of nitrogens with one attached hydrogen (secondary N) is 3. The lowest BCUT2D eigenvalue weighted by molar-refractivity contribution is 0.244. The highest BCUT2D eigenvalue weighted by Crippen LogP contribution is 2.37. The zero-order chi connectivity index (χ0) is 28.6. The minimum atomic E-state index is -0.288. The van der Waals surface area contributed by atoms with Crippen molar-refractivity contribution in [3.05, 3.63) is 77.2 Å². The third kappa shape index (κ3) is 6.97. The lowest BCUT2D eigenvalue weighted by atomic mass is 9.96. The Morgan fingerprint density at radius 2 is 1.93 bits per heavy atom. The van der Waals surface area contributed by atoms with Crippen molar-refractivity contribution < 1.29 is 14.3 Å². The van der Waals surface area contributed by atoms with Crippen molar-refractivity contribution in [1.82, 2.24) is 15.3 Å². The SMILES string of the molecule is CCOc1cc2ncc(C#N)c(Nc3ccc(OCc4ccccn4)c(Cl)c3)c2cc1NC(=O)NC1CCCCC1. The van der Waals surface area contributed by atoms with E-state index in [1.807, 2.05) is 31.2 Å². The van der Waals surface area contributed by atoms with Crippen molar-refractivity contribution in [3.8, 4) is 17.6 Å². The second kappa shape index (κ2) is 13.2. The number of benzene rings is 2. The van der Waals surface area contributed by atoms with Gasteiger partial charge >= 0.3 is 6.03 Å².